The van der Waals surface area contributed by atoms with Gasteiger partial charge in [0.25, 0.3) is 5.91 Å². The van der Waals surface area contributed by atoms with Crippen LogP contribution in [0.1, 0.15) is 27.8 Å². The van der Waals surface area contributed by atoms with Crippen molar-refractivity contribution in [3.05, 3.63) is 71.0 Å². The molecule has 25 heavy (non-hydrogen) atoms. The fourth-order valence-corrected chi connectivity index (χ4v) is 4.03. The quantitative estimate of drug-likeness (QED) is 0.593. The second-order valence-corrected chi connectivity index (χ2v) is 6.80. The highest BCUT2D eigenvalue weighted by atomic mass is 32.1. The summed E-state index contributed by atoms with van der Waals surface area (Å²) in [6.07, 6.45) is 1.06. The van der Waals surface area contributed by atoms with Gasteiger partial charge in [-0.15, -0.1) is 11.3 Å². The minimum absolute atomic E-state index is 0.152. The zero-order valence-electron chi connectivity index (χ0n) is 13.6. The molecule has 0 aliphatic heterocycles. The number of hydrogen-bond acceptors (Lipinski definition) is 4. The molecule has 0 bridgehead atoms. The number of aromatic nitrogens is 2. The van der Waals surface area contributed by atoms with Crippen LogP contribution in [-0.4, -0.2) is 26.9 Å². The van der Waals surface area contributed by atoms with Crippen molar-refractivity contribution >= 4 is 33.0 Å². The first-order valence-corrected chi connectivity index (χ1v) is 8.89. The summed E-state index contributed by atoms with van der Waals surface area (Å²) < 4.78 is 2.89. The Balaban J connectivity index is 1.54. The number of imidazole rings is 1. The van der Waals surface area contributed by atoms with Gasteiger partial charge in [0, 0.05) is 23.0 Å². The van der Waals surface area contributed by atoms with E-state index in [0.29, 0.717) is 11.4 Å². The van der Waals surface area contributed by atoms with E-state index >= 15 is 0 Å². The normalized spacial score (nSPS) is 12.6. The van der Waals surface area contributed by atoms with Crippen LogP contribution in [-0.2, 0) is 0 Å². The smallest absolute Gasteiger partial charge is 0.270 e. The highest BCUT2D eigenvalue weighted by molar-refractivity contribution is 7.17. The number of carbonyl (C=O) groups excluding carboxylic acids is 1. The van der Waals surface area contributed by atoms with Gasteiger partial charge in [0.2, 0.25) is 0 Å². The van der Waals surface area contributed by atoms with Crippen LogP contribution in [0.5, 0.6) is 0 Å². The first-order valence-electron chi connectivity index (χ1n) is 8.01. The molecule has 0 saturated heterocycles. The third-order valence-corrected chi connectivity index (χ3v) is 5.23. The van der Waals surface area contributed by atoms with Crippen LogP contribution in [0, 0.1) is 6.92 Å². The van der Waals surface area contributed by atoms with Crippen molar-refractivity contribution < 1.29 is 9.90 Å². The average Bonchev–Trinajstić information content (AvgIpc) is 3.19. The molecule has 1 aromatic carbocycles. The van der Waals surface area contributed by atoms with Gasteiger partial charge in [-0.2, -0.15) is 0 Å². The number of nitrogens with one attached hydrogen (secondary N) is 1. The molecule has 3 aromatic heterocycles. The molecule has 126 valence electrons. The number of thiophene rings is 1. The number of hydrogen-bond donors (Lipinski definition) is 2. The molecule has 0 spiro atoms. The molecule has 1 atom stereocenters. The highest BCUT2D eigenvalue weighted by Crippen LogP contribution is 2.29. The Labute approximate surface area is 148 Å². The lowest BCUT2D eigenvalue weighted by Crippen LogP contribution is -2.29. The number of benzene rings is 1. The maximum atomic E-state index is 12.6. The molecule has 4 rings (SSSR count). The molecule has 0 radical (unpaired) electrons. The summed E-state index contributed by atoms with van der Waals surface area (Å²) in [5.74, 6) is -0.241. The molecular weight excluding hydrogens is 334 g/mol. The van der Waals surface area contributed by atoms with E-state index in [9.17, 15) is 9.90 Å². The predicted octanol–water partition coefficient (Wildman–Crippen LogP) is 3.32. The van der Waals surface area contributed by atoms with E-state index in [0.717, 1.165) is 21.3 Å². The number of pyridine rings is 1. The second kappa shape index (κ2) is 6.31. The summed E-state index contributed by atoms with van der Waals surface area (Å²) in [6, 6.07) is 13.5. The summed E-state index contributed by atoms with van der Waals surface area (Å²) in [5.41, 5.74) is 2.74. The Hall–Kier alpha value is -2.70. The summed E-state index contributed by atoms with van der Waals surface area (Å²) in [5, 5.41) is 16.3. The topological polar surface area (TPSA) is 66.6 Å². The molecule has 2 N–H and O–H groups in total. The van der Waals surface area contributed by atoms with Crippen molar-refractivity contribution in [3.8, 4) is 0 Å². The van der Waals surface area contributed by atoms with Crippen LogP contribution < -0.4 is 5.32 Å². The molecule has 0 aliphatic carbocycles. The summed E-state index contributed by atoms with van der Waals surface area (Å²) in [4.78, 5) is 17.0. The molecule has 0 saturated carbocycles. The lowest BCUT2D eigenvalue weighted by atomic mass is 10.1. The lowest BCUT2D eigenvalue weighted by Gasteiger charge is -2.12. The highest BCUT2D eigenvalue weighted by Gasteiger charge is 2.19. The first kappa shape index (κ1) is 15.8. The number of fused-ring (bicyclic) bond motifs is 2. The Morgan fingerprint density at radius 3 is 2.96 bits per heavy atom. The van der Waals surface area contributed by atoms with Gasteiger partial charge in [0.05, 0.1) is 11.8 Å². The van der Waals surface area contributed by atoms with Crippen LogP contribution in [0.3, 0.4) is 0 Å². The maximum absolute atomic E-state index is 12.6. The van der Waals surface area contributed by atoms with E-state index in [-0.39, 0.29) is 12.5 Å². The third kappa shape index (κ3) is 2.79. The predicted molar refractivity (Wildman–Crippen MR) is 99.0 cm³/mol. The lowest BCUT2D eigenvalue weighted by molar-refractivity contribution is 0.0910. The van der Waals surface area contributed by atoms with Gasteiger partial charge in [-0.3, -0.25) is 9.20 Å². The number of aliphatic hydroxyl groups excluding tert-OH is 1. The van der Waals surface area contributed by atoms with E-state index in [2.05, 4.69) is 10.3 Å². The number of carbonyl (C=O) groups is 1. The van der Waals surface area contributed by atoms with E-state index in [1.165, 1.54) is 0 Å². The Morgan fingerprint density at radius 1 is 1.28 bits per heavy atom. The van der Waals surface area contributed by atoms with Gasteiger partial charge < -0.3 is 10.4 Å². The second-order valence-electron chi connectivity index (χ2n) is 5.89. The largest absolute Gasteiger partial charge is 0.387 e. The van der Waals surface area contributed by atoms with Gasteiger partial charge >= 0.3 is 0 Å². The zero-order chi connectivity index (χ0) is 17.4. The minimum atomic E-state index is -0.750. The zero-order valence-corrected chi connectivity index (χ0v) is 14.5. The third-order valence-electron chi connectivity index (χ3n) is 4.25. The molecule has 4 aromatic rings. The number of aliphatic hydroxyl groups is 1. The van der Waals surface area contributed by atoms with Crippen molar-refractivity contribution in [3.63, 3.8) is 0 Å². The van der Waals surface area contributed by atoms with E-state index in [4.69, 9.17) is 0 Å². The molecular formula is C19H17N3O2S. The van der Waals surface area contributed by atoms with Crippen LogP contribution in [0.4, 0.5) is 0 Å². The van der Waals surface area contributed by atoms with Gasteiger partial charge in [-0.25, -0.2) is 4.98 Å². The summed E-state index contributed by atoms with van der Waals surface area (Å²) in [7, 11) is 0. The fourth-order valence-electron chi connectivity index (χ4n) is 3.03. The van der Waals surface area contributed by atoms with Crippen LogP contribution in [0.25, 0.3) is 15.7 Å². The summed E-state index contributed by atoms with van der Waals surface area (Å²) >= 11 is 1.59. The monoisotopic (exact) mass is 351 g/mol. The maximum Gasteiger partial charge on any atom is 0.270 e. The molecule has 3 heterocycles. The molecule has 6 heteroatoms. The Kier molecular flexibility index (Phi) is 3.99. The van der Waals surface area contributed by atoms with Crippen LogP contribution >= 0.6 is 11.3 Å². The fraction of sp³-hybridized carbons (Fsp3) is 0.158. The van der Waals surface area contributed by atoms with Crippen molar-refractivity contribution in [1.82, 2.24) is 14.7 Å². The molecule has 5 nitrogen and oxygen atoms in total. The number of rotatable bonds is 4. The van der Waals surface area contributed by atoms with E-state index < -0.39 is 6.10 Å². The van der Waals surface area contributed by atoms with Crippen molar-refractivity contribution in [2.75, 3.05) is 6.54 Å². The van der Waals surface area contributed by atoms with Crippen LogP contribution in [0.2, 0.25) is 0 Å². The Bertz CT molecular complexity index is 1070. The standard InChI is InChI=1S/C19H17N3O2S/c1-12-18(22-9-5-4-8-17(22)21-12)19(24)20-10-15(23)14-11-25-16-7-3-2-6-13(14)16/h2-9,11,15,23H,10H2,1H3,(H,20,24). The van der Waals surface area contributed by atoms with E-state index in [1.807, 2.05) is 61.0 Å². The molecule has 1 amide bonds. The number of nitrogens with zero attached hydrogens (tertiary/aromatic N) is 2. The number of aryl methyl sites for hydroxylation is 1. The summed E-state index contributed by atoms with van der Waals surface area (Å²) in [6.45, 7) is 1.96. The Morgan fingerprint density at radius 2 is 2.08 bits per heavy atom. The molecule has 0 fully saturated rings. The minimum Gasteiger partial charge on any atom is -0.387 e. The molecule has 0 aliphatic rings. The SMILES string of the molecule is Cc1nc2ccccn2c1C(=O)NCC(O)c1csc2ccccc12. The van der Waals surface area contributed by atoms with Gasteiger partial charge in [-0.1, -0.05) is 24.3 Å². The first-order chi connectivity index (χ1) is 12.1. The van der Waals surface area contributed by atoms with Gasteiger partial charge in [-0.05, 0) is 35.9 Å². The van der Waals surface area contributed by atoms with Gasteiger partial charge in [0.1, 0.15) is 11.3 Å². The van der Waals surface area contributed by atoms with Crippen LogP contribution in [0.15, 0.2) is 54.0 Å². The van der Waals surface area contributed by atoms with E-state index in [1.54, 1.807) is 15.7 Å². The average molecular weight is 351 g/mol. The van der Waals surface area contributed by atoms with Crippen molar-refractivity contribution in [2.45, 2.75) is 13.0 Å². The van der Waals surface area contributed by atoms with Gasteiger partial charge in [0.15, 0.2) is 0 Å². The van der Waals surface area contributed by atoms with Crippen molar-refractivity contribution in [1.29, 1.82) is 0 Å². The van der Waals surface area contributed by atoms with Crippen molar-refractivity contribution in [2.24, 2.45) is 0 Å². The molecule has 1 unspecified atom stereocenters. The number of amides is 1.